The van der Waals surface area contributed by atoms with Crippen molar-refractivity contribution in [2.75, 3.05) is 11.3 Å². The lowest BCUT2D eigenvalue weighted by Crippen LogP contribution is -2.13. The van der Waals surface area contributed by atoms with Crippen LogP contribution in [0.5, 0.6) is 5.75 Å². The molecule has 0 saturated heterocycles. The SMILES string of the molecule is O=S(=O)(Nc1cccc2c1OCC2)c1sccc1C1CC1. The summed E-state index contributed by atoms with van der Waals surface area (Å²) in [6.07, 6.45) is 3.00. The number of para-hydroxylation sites is 1. The van der Waals surface area contributed by atoms with E-state index in [1.54, 1.807) is 6.07 Å². The quantitative estimate of drug-likeness (QED) is 0.939. The minimum atomic E-state index is -3.54. The molecule has 4 nitrogen and oxygen atoms in total. The Bertz CT molecular complexity index is 791. The Hall–Kier alpha value is -1.53. The second kappa shape index (κ2) is 4.74. The Labute approximate surface area is 127 Å². The molecule has 2 aliphatic rings. The van der Waals surface area contributed by atoms with Gasteiger partial charge in [0.05, 0.1) is 12.3 Å². The zero-order valence-corrected chi connectivity index (χ0v) is 13.0. The van der Waals surface area contributed by atoms with Crippen LogP contribution in [0.2, 0.25) is 0 Å². The van der Waals surface area contributed by atoms with Crippen molar-refractivity contribution >= 4 is 27.0 Å². The highest BCUT2D eigenvalue weighted by molar-refractivity contribution is 7.94. The van der Waals surface area contributed by atoms with Crippen LogP contribution in [0.15, 0.2) is 33.9 Å². The van der Waals surface area contributed by atoms with E-state index in [1.165, 1.54) is 11.3 Å². The van der Waals surface area contributed by atoms with Gasteiger partial charge in [0.1, 0.15) is 9.96 Å². The largest absolute Gasteiger partial charge is 0.491 e. The molecule has 1 aliphatic carbocycles. The highest BCUT2D eigenvalue weighted by atomic mass is 32.2. The van der Waals surface area contributed by atoms with Gasteiger partial charge in [-0.3, -0.25) is 4.72 Å². The van der Waals surface area contributed by atoms with Crippen LogP contribution in [0.1, 0.15) is 29.9 Å². The maximum atomic E-state index is 12.7. The molecule has 1 fully saturated rings. The molecule has 1 aromatic heterocycles. The standard InChI is InChI=1S/C15H15NO3S2/c17-21(18,15-12(7-9-20-15)10-4-5-10)16-13-3-1-2-11-6-8-19-14(11)13/h1-3,7,9-10,16H,4-6,8H2. The van der Waals surface area contributed by atoms with Crippen molar-refractivity contribution in [1.82, 2.24) is 0 Å². The molecule has 4 rings (SSSR count). The van der Waals surface area contributed by atoms with Gasteiger partial charge in [0, 0.05) is 6.42 Å². The summed E-state index contributed by atoms with van der Waals surface area (Å²) in [6.45, 7) is 0.612. The molecule has 0 spiro atoms. The number of nitrogens with one attached hydrogen (secondary N) is 1. The fourth-order valence-corrected chi connectivity index (χ4v) is 5.30. The number of rotatable bonds is 4. The molecule has 110 valence electrons. The van der Waals surface area contributed by atoms with E-state index in [-0.39, 0.29) is 0 Å². The number of thiophene rings is 1. The smallest absolute Gasteiger partial charge is 0.271 e. The van der Waals surface area contributed by atoms with Crippen molar-refractivity contribution in [3.63, 3.8) is 0 Å². The summed E-state index contributed by atoms with van der Waals surface area (Å²) in [5.41, 5.74) is 2.56. The average Bonchev–Trinajstić information content (AvgIpc) is 3.00. The number of benzene rings is 1. The second-order valence-corrected chi connectivity index (χ2v) is 8.23. The molecule has 0 amide bonds. The number of ether oxygens (including phenoxy) is 1. The van der Waals surface area contributed by atoms with Crippen molar-refractivity contribution in [2.45, 2.75) is 29.4 Å². The summed E-state index contributed by atoms with van der Waals surface area (Å²) in [5, 5.41) is 1.86. The molecule has 0 radical (unpaired) electrons. The summed E-state index contributed by atoms with van der Waals surface area (Å²) in [6, 6.07) is 7.53. The van der Waals surface area contributed by atoms with Gasteiger partial charge < -0.3 is 4.74 Å². The third-order valence-corrected chi connectivity index (χ3v) is 6.76. The molecular weight excluding hydrogens is 306 g/mol. The monoisotopic (exact) mass is 321 g/mol. The summed E-state index contributed by atoms with van der Waals surface area (Å²) in [5.74, 6) is 1.09. The van der Waals surface area contributed by atoms with Crippen molar-refractivity contribution in [2.24, 2.45) is 0 Å². The first-order chi connectivity index (χ1) is 10.1. The van der Waals surface area contributed by atoms with Gasteiger partial charge in [-0.15, -0.1) is 11.3 Å². The summed E-state index contributed by atoms with van der Waals surface area (Å²) in [7, 11) is -3.54. The third-order valence-electron chi connectivity index (χ3n) is 3.88. The first-order valence-electron chi connectivity index (χ1n) is 7.00. The maximum absolute atomic E-state index is 12.7. The average molecular weight is 321 g/mol. The van der Waals surface area contributed by atoms with E-state index in [9.17, 15) is 8.42 Å². The second-order valence-electron chi connectivity index (χ2n) is 5.44. The van der Waals surface area contributed by atoms with E-state index in [4.69, 9.17) is 4.74 Å². The highest BCUT2D eigenvalue weighted by Crippen LogP contribution is 2.45. The van der Waals surface area contributed by atoms with E-state index in [2.05, 4.69) is 4.72 Å². The van der Waals surface area contributed by atoms with Gasteiger partial charge in [-0.1, -0.05) is 12.1 Å². The van der Waals surface area contributed by atoms with E-state index < -0.39 is 10.0 Å². The molecule has 21 heavy (non-hydrogen) atoms. The van der Waals surface area contributed by atoms with Gasteiger partial charge in [-0.2, -0.15) is 0 Å². The van der Waals surface area contributed by atoms with Crippen molar-refractivity contribution < 1.29 is 13.2 Å². The van der Waals surface area contributed by atoms with Gasteiger partial charge in [0.25, 0.3) is 10.0 Å². The van der Waals surface area contributed by atoms with E-state index in [1.807, 2.05) is 23.6 Å². The fourth-order valence-electron chi connectivity index (χ4n) is 2.71. The minimum absolute atomic E-state index is 0.417. The summed E-state index contributed by atoms with van der Waals surface area (Å²) in [4.78, 5) is 0. The van der Waals surface area contributed by atoms with E-state index in [0.717, 1.165) is 30.4 Å². The Morgan fingerprint density at radius 1 is 1.24 bits per heavy atom. The minimum Gasteiger partial charge on any atom is -0.491 e. The van der Waals surface area contributed by atoms with Gasteiger partial charge in [0.15, 0.2) is 0 Å². The molecule has 1 aromatic carbocycles. The molecule has 2 heterocycles. The van der Waals surface area contributed by atoms with Crippen molar-refractivity contribution in [1.29, 1.82) is 0 Å². The molecule has 1 N–H and O–H groups in total. The number of hydrogen-bond acceptors (Lipinski definition) is 4. The third kappa shape index (κ3) is 2.32. The molecule has 0 atom stereocenters. The molecule has 2 aromatic rings. The molecular formula is C15H15NO3S2. The lowest BCUT2D eigenvalue weighted by molar-refractivity contribution is 0.358. The Balaban J connectivity index is 1.70. The predicted molar refractivity (Wildman–Crippen MR) is 82.7 cm³/mol. The van der Waals surface area contributed by atoms with E-state index in [0.29, 0.717) is 28.2 Å². The van der Waals surface area contributed by atoms with Gasteiger partial charge in [-0.25, -0.2) is 8.42 Å². The van der Waals surface area contributed by atoms with Gasteiger partial charge in [0.2, 0.25) is 0 Å². The van der Waals surface area contributed by atoms with Crippen molar-refractivity contribution in [3.8, 4) is 5.75 Å². The van der Waals surface area contributed by atoms with Crippen LogP contribution < -0.4 is 9.46 Å². The molecule has 6 heteroatoms. The van der Waals surface area contributed by atoms with Crippen LogP contribution in [0.4, 0.5) is 5.69 Å². The van der Waals surface area contributed by atoms with Crippen LogP contribution in [-0.2, 0) is 16.4 Å². The highest BCUT2D eigenvalue weighted by Gasteiger charge is 2.32. The van der Waals surface area contributed by atoms with Crippen LogP contribution in [0.3, 0.4) is 0 Å². The van der Waals surface area contributed by atoms with Crippen LogP contribution in [-0.4, -0.2) is 15.0 Å². The van der Waals surface area contributed by atoms with E-state index >= 15 is 0 Å². The van der Waals surface area contributed by atoms with Crippen LogP contribution in [0.25, 0.3) is 0 Å². The topological polar surface area (TPSA) is 55.4 Å². The fraction of sp³-hybridized carbons (Fsp3) is 0.333. The van der Waals surface area contributed by atoms with Gasteiger partial charge in [-0.05, 0) is 47.4 Å². The molecule has 1 aliphatic heterocycles. The normalized spacial score (nSPS) is 17.3. The summed E-state index contributed by atoms with van der Waals surface area (Å²) < 4.78 is 34.0. The number of hydrogen-bond donors (Lipinski definition) is 1. The number of sulfonamides is 1. The van der Waals surface area contributed by atoms with Gasteiger partial charge >= 0.3 is 0 Å². The predicted octanol–water partition coefficient (Wildman–Crippen LogP) is 3.36. The Morgan fingerprint density at radius 2 is 2.10 bits per heavy atom. The molecule has 0 unspecified atom stereocenters. The molecule has 1 saturated carbocycles. The maximum Gasteiger partial charge on any atom is 0.271 e. The first-order valence-corrected chi connectivity index (χ1v) is 9.36. The summed E-state index contributed by atoms with van der Waals surface area (Å²) >= 11 is 1.29. The van der Waals surface area contributed by atoms with Crippen LogP contribution in [0, 0.1) is 0 Å². The Morgan fingerprint density at radius 3 is 2.90 bits per heavy atom. The number of anilines is 1. The lowest BCUT2D eigenvalue weighted by Gasteiger charge is -2.11. The van der Waals surface area contributed by atoms with Crippen molar-refractivity contribution in [3.05, 3.63) is 40.8 Å². The lowest BCUT2D eigenvalue weighted by atomic mass is 10.1. The number of fused-ring (bicyclic) bond motifs is 1. The zero-order valence-electron chi connectivity index (χ0n) is 11.3. The van der Waals surface area contributed by atoms with Crippen LogP contribution >= 0.6 is 11.3 Å². The molecule has 0 bridgehead atoms. The first kappa shape index (κ1) is 13.2. The Kier molecular flexibility index (Phi) is 2.97. The zero-order chi connectivity index (χ0) is 14.4.